The van der Waals surface area contributed by atoms with Gasteiger partial charge in [0.05, 0.1) is 56.9 Å². The number of fused-ring (bicyclic) bond motifs is 2. The van der Waals surface area contributed by atoms with Gasteiger partial charge >= 0.3 is 17.9 Å². The van der Waals surface area contributed by atoms with Gasteiger partial charge in [0.15, 0.2) is 0 Å². The summed E-state index contributed by atoms with van der Waals surface area (Å²) in [5.41, 5.74) is 11.1. The molecule has 75 heavy (non-hydrogen) atoms. The molecular formula is C43H66N14O18. The third kappa shape index (κ3) is 18.1. The standard InChI is InChI=1S/C43H66N14O18/c1-18(43(74)75)32-41(72)52-23(14-31(64)65)37(68)47-15-27(59)51-22(13-30(62)63)36(67)48-16-28(60)53-33(19(2)46-4)40(71)49-17-29(61)56-11-7-9-24(56)38(69)50-20(3)34(55-35(66)21(44)12-26(45)58)42(73)57-10-6-5-8-25(57)39(70)54-32/h18-25,32-34,46H,5-17,44H2,1-4H3,(H2,45,58)(H,47,68)(H,48,67)(H,49,71)(H,50,69)(H,51,59)(H,52,72)(H,53,60)(H,54,70)(H,55,66)(H,62,63)(H,64,65)(H,74,75). The highest BCUT2D eigenvalue weighted by molar-refractivity contribution is 6.00. The van der Waals surface area contributed by atoms with Gasteiger partial charge in [-0.25, -0.2) is 0 Å². The third-order valence-electron chi connectivity index (χ3n) is 12.5. The highest BCUT2D eigenvalue weighted by Crippen LogP contribution is 2.22. The topological polar surface area (TPSA) is 496 Å². The minimum Gasteiger partial charge on any atom is -0.481 e. The van der Waals surface area contributed by atoms with Gasteiger partial charge in [0.2, 0.25) is 70.9 Å². The lowest BCUT2D eigenvalue weighted by Crippen LogP contribution is -2.65. The van der Waals surface area contributed by atoms with E-state index >= 15 is 0 Å². The van der Waals surface area contributed by atoms with Gasteiger partial charge in [-0.1, -0.05) is 0 Å². The molecule has 12 amide bonds. The van der Waals surface area contributed by atoms with Gasteiger partial charge in [-0.15, -0.1) is 0 Å². The maximum Gasteiger partial charge on any atom is 0.308 e. The number of nitrogens with one attached hydrogen (secondary N) is 10. The zero-order chi connectivity index (χ0) is 56.4. The zero-order valence-electron chi connectivity index (χ0n) is 41.6. The molecule has 0 radical (unpaired) electrons. The molecule has 3 aliphatic heterocycles. The van der Waals surface area contributed by atoms with E-state index in [0.29, 0.717) is 6.42 Å². The third-order valence-corrected chi connectivity index (χ3v) is 12.5. The van der Waals surface area contributed by atoms with Crippen molar-refractivity contribution >= 4 is 88.8 Å². The molecule has 0 aromatic rings. The fourth-order valence-electron chi connectivity index (χ4n) is 8.21. The molecule has 3 heterocycles. The summed E-state index contributed by atoms with van der Waals surface area (Å²) < 4.78 is 0. The van der Waals surface area contributed by atoms with Crippen molar-refractivity contribution in [1.29, 1.82) is 0 Å². The molecule has 11 atom stereocenters. The number of amides is 12. The summed E-state index contributed by atoms with van der Waals surface area (Å²) in [6.07, 6.45) is -2.12. The molecule has 0 aromatic heterocycles. The normalized spacial score (nSPS) is 27.0. The van der Waals surface area contributed by atoms with Gasteiger partial charge in [-0.3, -0.25) is 71.9 Å². The number of piperidine rings is 1. The lowest BCUT2D eigenvalue weighted by Gasteiger charge is -2.39. The van der Waals surface area contributed by atoms with Crippen molar-refractivity contribution in [2.75, 3.05) is 39.8 Å². The van der Waals surface area contributed by atoms with Crippen molar-refractivity contribution in [3.8, 4) is 0 Å². The van der Waals surface area contributed by atoms with Gasteiger partial charge in [0, 0.05) is 19.1 Å². The first-order valence-corrected chi connectivity index (χ1v) is 23.8. The summed E-state index contributed by atoms with van der Waals surface area (Å²) >= 11 is 0. The van der Waals surface area contributed by atoms with Crippen LogP contribution in [0.25, 0.3) is 0 Å². The molecule has 0 saturated carbocycles. The van der Waals surface area contributed by atoms with E-state index in [9.17, 15) is 87.2 Å². The van der Waals surface area contributed by atoms with Crippen LogP contribution in [0, 0.1) is 5.92 Å². The number of carboxylic acid groups (broad SMARTS) is 3. The van der Waals surface area contributed by atoms with Crippen molar-refractivity contribution in [3.05, 3.63) is 0 Å². The fraction of sp³-hybridized carbons (Fsp3) is 0.651. The molecule has 0 aliphatic carbocycles. The van der Waals surface area contributed by atoms with E-state index in [-0.39, 0.29) is 38.8 Å². The number of likely N-dealkylation sites (N-methyl/N-ethyl adjacent to an activating group) is 1. The Morgan fingerprint density at radius 3 is 1.72 bits per heavy atom. The van der Waals surface area contributed by atoms with Crippen LogP contribution in [0.4, 0.5) is 0 Å². The van der Waals surface area contributed by atoms with E-state index in [0.717, 1.165) is 16.7 Å². The van der Waals surface area contributed by atoms with Crippen LogP contribution in [0.5, 0.6) is 0 Å². The molecule has 3 aliphatic rings. The molecule has 0 spiro atoms. The van der Waals surface area contributed by atoms with Crippen molar-refractivity contribution in [3.63, 3.8) is 0 Å². The quantitative estimate of drug-likeness (QED) is 0.0863. The van der Waals surface area contributed by atoms with E-state index in [1.165, 1.54) is 20.9 Å². The van der Waals surface area contributed by atoms with Crippen LogP contribution in [-0.2, 0) is 71.9 Å². The number of carbonyl (C=O) groups excluding carboxylic acids is 12. The van der Waals surface area contributed by atoms with Gasteiger partial charge < -0.3 is 89.8 Å². The van der Waals surface area contributed by atoms with Crippen LogP contribution < -0.4 is 64.6 Å². The van der Waals surface area contributed by atoms with Gasteiger partial charge in [-0.05, 0) is 59.9 Å². The predicted molar refractivity (Wildman–Crippen MR) is 252 cm³/mol. The highest BCUT2D eigenvalue weighted by Gasteiger charge is 2.44. The molecule has 17 N–H and O–H groups in total. The molecule has 416 valence electrons. The van der Waals surface area contributed by atoms with Crippen molar-refractivity contribution in [2.45, 2.75) is 133 Å². The van der Waals surface area contributed by atoms with Crippen LogP contribution in [0.2, 0.25) is 0 Å². The monoisotopic (exact) mass is 1070 g/mol. The molecule has 11 unspecified atom stereocenters. The smallest absolute Gasteiger partial charge is 0.308 e. The Morgan fingerprint density at radius 2 is 1.16 bits per heavy atom. The highest BCUT2D eigenvalue weighted by atomic mass is 16.4. The molecule has 0 aromatic carbocycles. The number of rotatable bonds is 12. The van der Waals surface area contributed by atoms with Gasteiger partial charge in [0.25, 0.3) is 0 Å². The Kier molecular flexibility index (Phi) is 23.2. The summed E-state index contributed by atoms with van der Waals surface area (Å²) in [7, 11) is 1.44. The van der Waals surface area contributed by atoms with E-state index in [1.54, 1.807) is 0 Å². The Bertz CT molecular complexity index is 2250. The largest absolute Gasteiger partial charge is 0.481 e. The molecule has 0 bridgehead atoms. The number of hydrogen-bond acceptors (Lipinski definition) is 17. The fourth-order valence-corrected chi connectivity index (χ4v) is 8.21. The summed E-state index contributed by atoms with van der Waals surface area (Å²) in [4.78, 5) is 199. The van der Waals surface area contributed by atoms with Crippen molar-refractivity contribution < 1.29 is 87.2 Å². The first-order chi connectivity index (χ1) is 35.2. The summed E-state index contributed by atoms with van der Waals surface area (Å²) in [5, 5.41) is 52.0. The number of hydrogen-bond donors (Lipinski definition) is 15. The number of nitrogens with two attached hydrogens (primary N) is 2. The maximum atomic E-state index is 14.7. The number of carbonyl (C=O) groups is 15. The van der Waals surface area contributed by atoms with Crippen LogP contribution >= 0.6 is 0 Å². The Labute approximate surface area is 428 Å². The van der Waals surface area contributed by atoms with Crippen LogP contribution in [0.15, 0.2) is 0 Å². The van der Waals surface area contributed by atoms with Crippen LogP contribution in [0.3, 0.4) is 0 Å². The molecule has 32 nitrogen and oxygen atoms in total. The number of primary amides is 1. The second-order valence-corrected chi connectivity index (χ2v) is 18.1. The molecule has 3 fully saturated rings. The summed E-state index contributed by atoms with van der Waals surface area (Å²) in [5.74, 6) is -19.7. The minimum absolute atomic E-state index is 0.0233. The second kappa shape index (κ2) is 28.4. The first-order valence-electron chi connectivity index (χ1n) is 23.8. The average molecular weight is 1070 g/mol. The molecule has 32 heteroatoms. The first kappa shape index (κ1) is 61.3. The lowest BCUT2D eigenvalue weighted by molar-refractivity contribution is -0.149. The van der Waals surface area contributed by atoms with E-state index in [1.807, 2.05) is 16.0 Å². The van der Waals surface area contributed by atoms with Crippen LogP contribution in [0.1, 0.15) is 72.1 Å². The molecular weight excluding hydrogens is 1000 g/mol. The minimum atomic E-state index is -2.09. The number of carboxylic acids is 3. The van der Waals surface area contributed by atoms with Crippen LogP contribution in [-0.4, -0.2) is 214 Å². The zero-order valence-corrected chi connectivity index (χ0v) is 41.6. The van der Waals surface area contributed by atoms with Gasteiger partial charge in [-0.2, -0.15) is 0 Å². The predicted octanol–water partition coefficient (Wildman–Crippen LogP) is -8.87. The van der Waals surface area contributed by atoms with E-state index in [4.69, 9.17) is 11.5 Å². The number of aliphatic carboxylic acids is 3. The second-order valence-electron chi connectivity index (χ2n) is 18.1. The molecule has 3 saturated heterocycles. The maximum absolute atomic E-state index is 14.7. The summed E-state index contributed by atoms with van der Waals surface area (Å²) in [6, 6.07) is -15.8. The van der Waals surface area contributed by atoms with Crippen molar-refractivity contribution in [1.82, 2.24) is 63.0 Å². The number of nitrogens with zero attached hydrogens (tertiary/aromatic N) is 2. The Balaban J connectivity index is 2.11. The Hall–Kier alpha value is -8.03. The van der Waals surface area contributed by atoms with Gasteiger partial charge in [0.1, 0.15) is 42.3 Å². The molecule has 3 rings (SSSR count). The lowest BCUT2D eigenvalue weighted by atomic mass is 9.96. The SMILES string of the molecule is CNC(C)C1NC(=O)CNC(=O)C(CC(=O)O)NC(=O)CNC(=O)C(CC(=O)O)NC(=O)C(C(C)C(=O)O)NC(=O)C2CCCCN2C(=O)C(NC(=O)C(N)CC(N)=O)C(C)NC(=O)C2CCCN2C(=O)CNC1=O. The summed E-state index contributed by atoms with van der Waals surface area (Å²) in [6.45, 7) is 0.937. The van der Waals surface area contributed by atoms with E-state index in [2.05, 4.69) is 37.2 Å². The van der Waals surface area contributed by atoms with E-state index < -0.39 is 194 Å². The average Bonchev–Trinajstić information content (AvgIpc) is 3.85. The Morgan fingerprint density at radius 1 is 0.640 bits per heavy atom. The van der Waals surface area contributed by atoms with Crippen molar-refractivity contribution in [2.24, 2.45) is 17.4 Å².